The molecule has 2 heterocycles. The minimum absolute atomic E-state index is 0. The van der Waals surface area contributed by atoms with Gasteiger partial charge in [0.2, 0.25) is 5.95 Å². The molecule has 5 rings (SSSR count). The Labute approximate surface area is 203 Å². The molecule has 1 N–H and O–H groups in total. The van der Waals surface area contributed by atoms with E-state index in [1.54, 1.807) is 0 Å². The molecule has 160 valence electrons. The Hall–Kier alpha value is -2.12. The normalized spacial score (nSPS) is 16.0. The largest absolute Gasteiger partial charge is 0.351 e. The van der Waals surface area contributed by atoms with Crippen LogP contribution in [0.4, 0.5) is 11.8 Å². The van der Waals surface area contributed by atoms with Gasteiger partial charge in [-0.2, -0.15) is 4.98 Å². The standard InChI is InChI=1S/C25H25IN4.ClH/c1-25(26,20-14-13-18-9-3-4-10-19(18)17-20)29-23-21-11-5-6-12-22(21)27-24(28-23)30-15-7-2-8-16-30;/h3-6,9-14,17H,2,7-8,15-16H2,1H3,(H,27,28,29);1H. The third-order valence-electron chi connectivity index (χ3n) is 5.88. The molecule has 1 aliphatic rings. The van der Waals surface area contributed by atoms with Crippen LogP contribution in [0.5, 0.6) is 0 Å². The molecule has 31 heavy (non-hydrogen) atoms. The summed E-state index contributed by atoms with van der Waals surface area (Å²) in [6, 6.07) is 23.4. The molecule has 1 atom stereocenters. The van der Waals surface area contributed by atoms with Gasteiger partial charge in [-0.05, 0) is 83.3 Å². The summed E-state index contributed by atoms with van der Waals surface area (Å²) in [5.74, 6) is 1.73. The predicted octanol–water partition coefficient (Wildman–Crippen LogP) is 6.91. The lowest BCUT2D eigenvalue weighted by atomic mass is 10.0. The SMILES string of the molecule is CC(I)(Nc1nc(N2CCCCC2)nc2ccccc12)c1ccc2ccccc2c1.Cl. The highest BCUT2D eigenvalue weighted by Gasteiger charge is 2.25. The van der Waals surface area contributed by atoms with E-state index < -0.39 is 0 Å². The number of rotatable bonds is 4. The minimum atomic E-state index is -0.307. The Balaban J connectivity index is 0.00000231. The summed E-state index contributed by atoms with van der Waals surface area (Å²) in [4.78, 5) is 12.2. The van der Waals surface area contributed by atoms with Crippen molar-refractivity contribution in [3.63, 3.8) is 0 Å². The summed E-state index contributed by atoms with van der Waals surface area (Å²) < 4.78 is -0.307. The van der Waals surface area contributed by atoms with Crippen LogP contribution < -0.4 is 10.2 Å². The number of halogens is 2. The van der Waals surface area contributed by atoms with Crippen molar-refractivity contribution in [3.8, 4) is 0 Å². The first-order valence-corrected chi connectivity index (χ1v) is 11.7. The molecule has 0 aliphatic carbocycles. The van der Waals surface area contributed by atoms with E-state index in [4.69, 9.17) is 9.97 Å². The number of alkyl halides is 1. The van der Waals surface area contributed by atoms with Gasteiger partial charge in [0.25, 0.3) is 0 Å². The summed E-state index contributed by atoms with van der Waals surface area (Å²) in [5, 5.41) is 7.30. The lowest BCUT2D eigenvalue weighted by Gasteiger charge is -2.29. The number of para-hydroxylation sites is 1. The molecule has 1 aromatic heterocycles. The molecular formula is C25H26ClIN4. The van der Waals surface area contributed by atoms with Gasteiger partial charge in [0.15, 0.2) is 0 Å². The molecule has 1 unspecified atom stereocenters. The summed E-state index contributed by atoms with van der Waals surface area (Å²) in [6.07, 6.45) is 3.71. The average Bonchev–Trinajstić information content (AvgIpc) is 2.79. The molecule has 4 aromatic rings. The number of anilines is 2. The summed E-state index contributed by atoms with van der Waals surface area (Å²) >= 11 is 2.49. The van der Waals surface area contributed by atoms with Crippen LogP contribution in [0.2, 0.25) is 0 Å². The maximum absolute atomic E-state index is 5.00. The smallest absolute Gasteiger partial charge is 0.227 e. The molecule has 0 bridgehead atoms. The summed E-state index contributed by atoms with van der Waals surface area (Å²) in [7, 11) is 0. The van der Waals surface area contributed by atoms with Gasteiger partial charge in [-0.3, -0.25) is 0 Å². The third-order valence-corrected chi connectivity index (χ3v) is 6.77. The van der Waals surface area contributed by atoms with Gasteiger partial charge in [0, 0.05) is 18.5 Å². The van der Waals surface area contributed by atoms with Gasteiger partial charge in [0.1, 0.15) is 9.36 Å². The lowest BCUT2D eigenvalue weighted by molar-refractivity contribution is 0.569. The molecule has 6 heteroatoms. The van der Waals surface area contributed by atoms with Crippen molar-refractivity contribution in [1.29, 1.82) is 0 Å². The van der Waals surface area contributed by atoms with Crippen molar-refractivity contribution in [1.82, 2.24) is 9.97 Å². The average molecular weight is 545 g/mol. The number of hydrogen-bond donors (Lipinski definition) is 1. The molecule has 0 radical (unpaired) electrons. The fourth-order valence-corrected chi connectivity index (χ4v) is 4.76. The van der Waals surface area contributed by atoms with Crippen molar-refractivity contribution in [2.45, 2.75) is 29.7 Å². The highest BCUT2D eigenvalue weighted by molar-refractivity contribution is 14.1. The zero-order valence-electron chi connectivity index (χ0n) is 17.5. The molecule has 0 amide bonds. The van der Waals surface area contributed by atoms with Crippen molar-refractivity contribution in [3.05, 3.63) is 72.3 Å². The molecule has 3 aromatic carbocycles. The van der Waals surface area contributed by atoms with Crippen LogP contribution in [-0.2, 0) is 3.55 Å². The van der Waals surface area contributed by atoms with E-state index in [1.165, 1.54) is 35.6 Å². The minimum Gasteiger partial charge on any atom is -0.351 e. The van der Waals surface area contributed by atoms with Gasteiger partial charge in [-0.25, -0.2) is 4.98 Å². The van der Waals surface area contributed by atoms with Crippen LogP contribution in [0.1, 0.15) is 31.7 Å². The molecule has 0 saturated carbocycles. The molecule has 0 spiro atoms. The number of piperidine rings is 1. The number of hydrogen-bond acceptors (Lipinski definition) is 4. The molecule has 4 nitrogen and oxygen atoms in total. The molecule has 1 fully saturated rings. The molecule has 1 saturated heterocycles. The van der Waals surface area contributed by atoms with E-state index in [2.05, 4.69) is 100 Å². The van der Waals surface area contributed by atoms with Crippen LogP contribution >= 0.6 is 35.0 Å². The van der Waals surface area contributed by atoms with Crippen LogP contribution in [0.25, 0.3) is 21.7 Å². The lowest BCUT2D eigenvalue weighted by Crippen LogP contribution is -2.32. The maximum atomic E-state index is 5.00. The van der Waals surface area contributed by atoms with Crippen LogP contribution in [-0.4, -0.2) is 23.1 Å². The first-order valence-electron chi connectivity index (χ1n) is 10.6. The Kier molecular flexibility index (Phi) is 6.53. The second-order valence-corrected chi connectivity index (χ2v) is 10.3. The maximum Gasteiger partial charge on any atom is 0.227 e. The Bertz CT molecular complexity index is 1200. The predicted molar refractivity (Wildman–Crippen MR) is 142 cm³/mol. The highest BCUT2D eigenvalue weighted by atomic mass is 127. The second-order valence-electron chi connectivity index (χ2n) is 8.13. The summed E-state index contributed by atoms with van der Waals surface area (Å²) in [6.45, 7) is 4.27. The van der Waals surface area contributed by atoms with E-state index >= 15 is 0 Å². The quantitative estimate of drug-likeness (QED) is 0.172. The van der Waals surface area contributed by atoms with E-state index in [0.717, 1.165) is 35.8 Å². The number of nitrogens with zero attached hydrogens (tertiary/aromatic N) is 3. The fraction of sp³-hybridized carbons (Fsp3) is 0.280. The summed E-state index contributed by atoms with van der Waals surface area (Å²) in [5.41, 5.74) is 2.21. The first kappa shape index (κ1) is 22.1. The van der Waals surface area contributed by atoms with E-state index in [9.17, 15) is 0 Å². The topological polar surface area (TPSA) is 41.1 Å². The Morgan fingerprint density at radius 2 is 1.58 bits per heavy atom. The second kappa shape index (κ2) is 9.17. The zero-order chi connectivity index (χ0) is 20.6. The third kappa shape index (κ3) is 4.58. The van der Waals surface area contributed by atoms with Gasteiger partial charge >= 0.3 is 0 Å². The molecule has 1 aliphatic heterocycles. The van der Waals surface area contributed by atoms with Gasteiger partial charge in [0.05, 0.1) is 5.52 Å². The highest BCUT2D eigenvalue weighted by Crippen LogP contribution is 2.36. The monoisotopic (exact) mass is 544 g/mol. The number of aromatic nitrogens is 2. The fourth-order valence-electron chi connectivity index (χ4n) is 4.17. The van der Waals surface area contributed by atoms with Gasteiger partial charge in [-0.1, -0.05) is 48.5 Å². The van der Waals surface area contributed by atoms with E-state index in [-0.39, 0.29) is 16.0 Å². The van der Waals surface area contributed by atoms with Crippen LogP contribution in [0.3, 0.4) is 0 Å². The van der Waals surface area contributed by atoms with Crippen LogP contribution in [0.15, 0.2) is 66.7 Å². The van der Waals surface area contributed by atoms with Crippen molar-refractivity contribution >= 4 is 68.4 Å². The van der Waals surface area contributed by atoms with Gasteiger partial charge in [-0.15, -0.1) is 12.4 Å². The molecular weight excluding hydrogens is 519 g/mol. The van der Waals surface area contributed by atoms with Crippen molar-refractivity contribution in [2.75, 3.05) is 23.3 Å². The van der Waals surface area contributed by atoms with E-state index in [0.29, 0.717) is 0 Å². The Morgan fingerprint density at radius 3 is 2.39 bits per heavy atom. The Morgan fingerprint density at radius 1 is 0.871 bits per heavy atom. The number of nitrogens with one attached hydrogen (secondary N) is 1. The number of benzene rings is 3. The van der Waals surface area contributed by atoms with Crippen molar-refractivity contribution < 1.29 is 0 Å². The van der Waals surface area contributed by atoms with Crippen molar-refractivity contribution in [2.24, 2.45) is 0 Å². The first-order chi connectivity index (χ1) is 14.6. The van der Waals surface area contributed by atoms with Gasteiger partial charge < -0.3 is 10.2 Å². The van der Waals surface area contributed by atoms with E-state index in [1.807, 2.05) is 6.07 Å². The van der Waals surface area contributed by atoms with Crippen LogP contribution in [0, 0.1) is 0 Å². The number of fused-ring (bicyclic) bond motifs is 2. The zero-order valence-corrected chi connectivity index (χ0v) is 20.5.